The smallest absolute Gasteiger partial charge is 0.118 e. The second-order valence-corrected chi connectivity index (χ2v) is 7.04. The highest BCUT2D eigenvalue weighted by atomic mass is 16.6. The van der Waals surface area contributed by atoms with Gasteiger partial charge in [-0.2, -0.15) is 0 Å². The van der Waals surface area contributed by atoms with Crippen LogP contribution >= 0.6 is 0 Å². The Labute approximate surface area is 165 Å². The van der Waals surface area contributed by atoms with Crippen molar-refractivity contribution in [3.63, 3.8) is 0 Å². The summed E-state index contributed by atoms with van der Waals surface area (Å²) < 4.78 is 22.3. The Kier molecular flexibility index (Phi) is 11.0. The first-order chi connectivity index (χ1) is 12.9. The number of ether oxygens (including phenoxy) is 4. The SMILES string of the molecule is C/C=C(\C)c1ccc(/C(C)=C/OC(C)COC(C)COC(C)COC)cc1. The van der Waals surface area contributed by atoms with Crippen LogP contribution in [0.5, 0.6) is 0 Å². The van der Waals surface area contributed by atoms with Crippen LogP contribution in [0.4, 0.5) is 0 Å². The summed E-state index contributed by atoms with van der Waals surface area (Å²) in [5, 5.41) is 0. The van der Waals surface area contributed by atoms with Crippen LogP contribution in [0, 0.1) is 0 Å². The lowest BCUT2D eigenvalue weighted by Crippen LogP contribution is -2.26. The summed E-state index contributed by atoms with van der Waals surface area (Å²) in [4.78, 5) is 0. The highest BCUT2D eigenvalue weighted by Gasteiger charge is 2.09. The summed E-state index contributed by atoms with van der Waals surface area (Å²) in [6.45, 7) is 13.9. The van der Waals surface area contributed by atoms with Crippen molar-refractivity contribution in [3.8, 4) is 0 Å². The fourth-order valence-electron chi connectivity index (χ4n) is 2.42. The Morgan fingerprint density at radius 2 is 1.30 bits per heavy atom. The molecule has 27 heavy (non-hydrogen) atoms. The van der Waals surface area contributed by atoms with E-state index >= 15 is 0 Å². The van der Waals surface area contributed by atoms with Gasteiger partial charge in [0.1, 0.15) is 6.10 Å². The van der Waals surface area contributed by atoms with Gasteiger partial charge in [0.2, 0.25) is 0 Å². The molecular formula is C23H36O4. The lowest BCUT2D eigenvalue weighted by molar-refractivity contribution is -0.0671. The summed E-state index contributed by atoms with van der Waals surface area (Å²) in [5.41, 5.74) is 4.77. The third-order valence-electron chi connectivity index (χ3n) is 4.34. The van der Waals surface area contributed by atoms with Crippen molar-refractivity contribution in [2.24, 2.45) is 0 Å². The number of hydrogen-bond acceptors (Lipinski definition) is 4. The standard InChI is InChI=1S/C23H36O4/c1-8-17(2)22-9-11-23(12-10-22)18(3)13-25-20(5)15-27-21(6)16-26-19(4)14-24-7/h8-13,19-21H,14-16H2,1-7H3/b17-8+,18-13+. The molecule has 4 nitrogen and oxygen atoms in total. The minimum Gasteiger partial charge on any atom is -0.496 e. The molecule has 3 atom stereocenters. The van der Waals surface area contributed by atoms with Crippen LogP contribution in [-0.2, 0) is 18.9 Å². The Balaban J connectivity index is 2.40. The van der Waals surface area contributed by atoms with E-state index in [0.29, 0.717) is 19.8 Å². The molecular weight excluding hydrogens is 340 g/mol. The molecule has 1 aromatic carbocycles. The van der Waals surface area contributed by atoms with Gasteiger partial charge in [0.05, 0.1) is 38.3 Å². The van der Waals surface area contributed by atoms with Crippen LogP contribution in [0.25, 0.3) is 11.1 Å². The molecule has 0 aliphatic carbocycles. The number of allylic oxidation sites excluding steroid dienone is 3. The van der Waals surface area contributed by atoms with Gasteiger partial charge in [-0.05, 0) is 63.8 Å². The maximum Gasteiger partial charge on any atom is 0.118 e. The van der Waals surface area contributed by atoms with Gasteiger partial charge >= 0.3 is 0 Å². The van der Waals surface area contributed by atoms with Crippen LogP contribution in [0.3, 0.4) is 0 Å². The number of methoxy groups -OCH3 is 1. The summed E-state index contributed by atoms with van der Waals surface area (Å²) in [7, 11) is 1.67. The van der Waals surface area contributed by atoms with Gasteiger partial charge in [-0.3, -0.25) is 0 Å². The first-order valence-electron chi connectivity index (χ1n) is 9.65. The van der Waals surface area contributed by atoms with Gasteiger partial charge in [-0.1, -0.05) is 30.3 Å². The average molecular weight is 377 g/mol. The zero-order chi connectivity index (χ0) is 20.2. The van der Waals surface area contributed by atoms with Crippen LogP contribution in [-0.4, -0.2) is 45.2 Å². The zero-order valence-corrected chi connectivity index (χ0v) is 18.0. The van der Waals surface area contributed by atoms with E-state index in [1.165, 1.54) is 11.1 Å². The molecule has 0 bridgehead atoms. The lowest BCUT2D eigenvalue weighted by Gasteiger charge is -2.19. The zero-order valence-electron chi connectivity index (χ0n) is 18.0. The largest absolute Gasteiger partial charge is 0.496 e. The molecule has 1 rings (SSSR count). The molecule has 0 saturated carbocycles. The number of benzene rings is 1. The Bertz CT molecular complexity index is 589. The fraction of sp³-hybridized carbons (Fsp3) is 0.565. The van der Waals surface area contributed by atoms with Crippen molar-refractivity contribution in [2.45, 2.75) is 59.9 Å². The van der Waals surface area contributed by atoms with E-state index in [2.05, 4.69) is 51.1 Å². The third kappa shape index (κ3) is 9.23. The lowest BCUT2D eigenvalue weighted by atomic mass is 10.0. The Morgan fingerprint density at radius 1 is 0.815 bits per heavy atom. The Hall–Kier alpha value is -1.62. The molecule has 0 aliphatic heterocycles. The molecule has 152 valence electrons. The van der Waals surface area contributed by atoms with Crippen molar-refractivity contribution in [1.29, 1.82) is 0 Å². The molecule has 0 N–H and O–H groups in total. The van der Waals surface area contributed by atoms with Crippen molar-refractivity contribution in [3.05, 3.63) is 47.7 Å². The van der Waals surface area contributed by atoms with Gasteiger partial charge in [0.15, 0.2) is 0 Å². The van der Waals surface area contributed by atoms with E-state index in [1.807, 2.05) is 27.0 Å². The van der Waals surface area contributed by atoms with Crippen LogP contribution in [0.15, 0.2) is 36.6 Å². The first kappa shape index (κ1) is 23.4. The second-order valence-electron chi connectivity index (χ2n) is 7.04. The second kappa shape index (κ2) is 12.7. The predicted octanol–water partition coefficient (Wildman–Crippen LogP) is 5.33. The molecule has 0 saturated heterocycles. The molecule has 0 aliphatic rings. The van der Waals surface area contributed by atoms with Crippen LogP contribution < -0.4 is 0 Å². The van der Waals surface area contributed by atoms with Crippen molar-refractivity contribution in [2.75, 3.05) is 26.9 Å². The molecule has 0 radical (unpaired) electrons. The minimum absolute atomic E-state index is 0.0165. The normalized spacial score (nSPS) is 16.1. The monoisotopic (exact) mass is 376 g/mol. The third-order valence-corrected chi connectivity index (χ3v) is 4.34. The van der Waals surface area contributed by atoms with E-state index in [1.54, 1.807) is 7.11 Å². The molecule has 3 unspecified atom stereocenters. The van der Waals surface area contributed by atoms with E-state index in [9.17, 15) is 0 Å². The van der Waals surface area contributed by atoms with Gasteiger partial charge in [-0.15, -0.1) is 0 Å². The van der Waals surface area contributed by atoms with E-state index < -0.39 is 0 Å². The summed E-state index contributed by atoms with van der Waals surface area (Å²) in [5.74, 6) is 0. The summed E-state index contributed by atoms with van der Waals surface area (Å²) in [6.07, 6.45) is 4.00. The van der Waals surface area contributed by atoms with E-state index in [0.717, 1.165) is 11.1 Å². The van der Waals surface area contributed by atoms with E-state index in [-0.39, 0.29) is 18.3 Å². The maximum atomic E-state index is 5.81. The van der Waals surface area contributed by atoms with E-state index in [4.69, 9.17) is 18.9 Å². The first-order valence-corrected chi connectivity index (χ1v) is 9.65. The fourth-order valence-corrected chi connectivity index (χ4v) is 2.42. The summed E-state index contributed by atoms with van der Waals surface area (Å²) >= 11 is 0. The molecule has 0 aromatic heterocycles. The molecule has 0 heterocycles. The van der Waals surface area contributed by atoms with Crippen LogP contribution in [0.1, 0.15) is 52.7 Å². The van der Waals surface area contributed by atoms with Gasteiger partial charge in [-0.25, -0.2) is 0 Å². The highest BCUT2D eigenvalue weighted by Crippen LogP contribution is 2.19. The topological polar surface area (TPSA) is 36.9 Å². The Morgan fingerprint density at radius 3 is 1.81 bits per heavy atom. The summed E-state index contributed by atoms with van der Waals surface area (Å²) in [6, 6.07) is 8.53. The molecule has 0 amide bonds. The predicted molar refractivity (Wildman–Crippen MR) is 113 cm³/mol. The molecule has 4 heteroatoms. The van der Waals surface area contributed by atoms with Crippen molar-refractivity contribution >= 4 is 11.1 Å². The molecule has 0 fully saturated rings. The number of hydrogen-bond donors (Lipinski definition) is 0. The van der Waals surface area contributed by atoms with Crippen LogP contribution in [0.2, 0.25) is 0 Å². The van der Waals surface area contributed by atoms with Gasteiger partial charge in [0.25, 0.3) is 0 Å². The van der Waals surface area contributed by atoms with Crippen molar-refractivity contribution in [1.82, 2.24) is 0 Å². The van der Waals surface area contributed by atoms with Crippen molar-refractivity contribution < 1.29 is 18.9 Å². The van der Waals surface area contributed by atoms with Gasteiger partial charge in [0, 0.05) is 7.11 Å². The quantitative estimate of drug-likeness (QED) is 0.462. The minimum atomic E-state index is -0.0247. The average Bonchev–Trinajstić information content (AvgIpc) is 2.68. The number of rotatable bonds is 12. The highest BCUT2D eigenvalue weighted by molar-refractivity contribution is 5.68. The maximum absolute atomic E-state index is 5.81. The molecule has 0 spiro atoms. The van der Waals surface area contributed by atoms with Gasteiger partial charge < -0.3 is 18.9 Å². The molecule has 1 aromatic rings.